The molecule has 0 bridgehead atoms. The largest absolute Gasteiger partial charge is 0.454 e. The van der Waals surface area contributed by atoms with Gasteiger partial charge in [-0.1, -0.05) is 41.6 Å². The quantitative estimate of drug-likeness (QED) is 0.315. The Kier molecular flexibility index (Phi) is 4.50. The van der Waals surface area contributed by atoms with Crippen LogP contribution in [0.4, 0.5) is 11.4 Å². The number of hydrogen-bond donors (Lipinski definition) is 0. The molecule has 2 heterocycles. The van der Waals surface area contributed by atoms with Crippen LogP contribution in [0.3, 0.4) is 0 Å². The van der Waals surface area contributed by atoms with Gasteiger partial charge in [0, 0.05) is 18.2 Å². The second-order valence-corrected chi connectivity index (χ2v) is 7.60. The maximum absolute atomic E-state index is 12.8. The molecule has 4 rings (SSSR count). The van der Waals surface area contributed by atoms with Crippen molar-refractivity contribution in [1.82, 2.24) is 0 Å². The van der Waals surface area contributed by atoms with Crippen molar-refractivity contribution in [2.45, 2.75) is 0 Å². The first-order valence-electron chi connectivity index (χ1n) is 7.55. The summed E-state index contributed by atoms with van der Waals surface area (Å²) in [5.41, 5.74) is 0.802. The van der Waals surface area contributed by atoms with Crippen LogP contribution in [0.15, 0.2) is 41.3 Å². The third kappa shape index (κ3) is 3.25. The van der Waals surface area contributed by atoms with Crippen LogP contribution in [0.25, 0.3) is 6.08 Å². The van der Waals surface area contributed by atoms with Gasteiger partial charge in [-0.2, -0.15) is 0 Å². The minimum atomic E-state index is -0.524. The predicted octanol–water partition coefficient (Wildman–Crippen LogP) is 4.38. The number of hydrogen-bond acceptors (Lipinski definition) is 7. The number of anilines is 1. The minimum Gasteiger partial charge on any atom is -0.454 e. The lowest BCUT2D eigenvalue weighted by atomic mass is 10.1. The van der Waals surface area contributed by atoms with Gasteiger partial charge in [-0.25, -0.2) is 0 Å². The van der Waals surface area contributed by atoms with E-state index in [1.54, 1.807) is 24.3 Å². The van der Waals surface area contributed by atoms with Crippen LogP contribution in [0.5, 0.6) is 11.5 Å². The summed E-state index contributed by atoms with van der Waals surface area (Å²) in [4.78, 5) is 24.9. The summed E-state index contributed by atoms with van der Waals surface area (Å²) in [6, 6.07) is 9.06. The SMILES string of the molecule is O=C1/C(=C/c2cc3c(cc2Cl)OCO3)SC(=S)N1c1cccc([N+](=O)[O-])c1. The van der Waals surface area contributed by atoms with Gasteiger partial charge < -0.3 is 9.47 Å². The van der Waals surface area contributed by atoms with E-state index in [2.05, 4.69) is 0 Å². The lowest BCUT2D eigenvalue weighted by Crippen LogP contribution is -2.27. The van der Waals surface area contributed by atoms with Crippen LogP contribution < -0.4 is 14.4 Å². The molecule has 0 aromatic heterocycles. The standard InChI is InChI=1S/C17H9ClN2O5S2/c18-12-7-14-13(24-8-25-14)4-9(12)5-15-16(21)19(17(26)27-15)10-2-1-3-11(6-10)20(22)23/h1-7H,8H2/b15-5-. The number of benzene rings is 2. The van der Waals surface area contributed by atoms with Crippen LogP contribution in [0.2, 0.25) is 5.02 Å². The molecule has 1 fully saturated rings. The molecule has 136 valence electrons. The summed E-state index contributed by atoms with van der Waals surface area (Å²) >= 11 is 12.6. The Hall–Kier alpha value is -2.62. The van der Waals surface area contributed by atoms with E-state index in [9.17, 15) is 14.9 Å². The molecule has 0 spiro atoms. The first-order valence-corrected chi connectivity index (χ1v) is 9.16. The van der Waals surface area contributed by atoms with Crippen molar-refractivity contribution in [1.29, 1.82) is 0 Å². The van der Waals surface area contributed by atoms with Crippen molar-refractivity contribution in [3.05, 3.63) is 62.0 Å². The van der Waals surface area contributed by atoms with Gasteiger partial charge in [0.25, 0.3) is 11.6 Å². The average Bonchev–Trinajstić information content (AvgIpc) is 3.19. The lowest BCUT2D eigenvalue weighted by Gasteiger charge is -2.14. The Bertz CT molecular complexity index is 1040. The number of amides is 1. The summed E-state index contributed by atoms with van der Waals surface area (Å²) in [5.74, 6) is 0.709. The Morgan fingerprint density at radius 3 is 2.74 bits per heavy atom. The summed E-state index contributed by atoms with van der Waals surface area (Å²) in [6.45, 7) is 0.115. The highest BCUT2D eigenvalue weighted by molar-refractivity contribution is 8.27. The fourth-order valence-corrected chi connectivity index (χ4v) is 4.12. The van der Waals surface area contributed by atoms with E-state index in [0.717, 1.165) is 11.8 Å². The zero-order valence-corrected chi connectivity index (χ0v) is 15.8. The van der Waals surface area contributed by atoms with Gasteiger partial charge in [-0.15, -0.1) is 0 Å². The van der Waals surface area contributed by atoms with E-state index >= 15 is 0 Å². The van der Waals surface area contributed by atoms with Crippen molar-refractivity contribution >= 4 is 63.3 Å². The van der Waals surface area contributed by atoms with E-state index in [4.69, 9.17) is 33.3 Å². The van der Waals surface area contributed by atoms with Crippen LogP contribution in [-0.4, -0.2) is 21.9 Å². The molecule has 0 radical (unpaired) electrons. The van der Waals surface area contributed by atoms with Crippen molar-refractivity contribution in [2.75, 3.05) is 11.7 Å². The highest BCUT2D eigenvalue weighted by atomic mass is 35.5. The van der Waals surface area contributed by atoms with Crippen LogP contribution in [-0.2, 0) is 4.79 Å². The van der Waals surface area contributed by atoms with Crippen LogP contribution in [0.1, 0.15) is 5.56 Å². The Morgan fingerprint density at radius 1 is 1.26 bits per heavy atom. The molecule has 0 atom stereocenters. The van der Waals surface area contributed by atoms with Crippen molar-refractivity contribution in [3.8, 4) is 11.5 Å². The smallest absolute Gasteiger partial charge is 0.271 e. The summed E-state index contributed by atoms with van der Waals surface area (Å²) in [7, 11) is 0. The highest BCUT2D eigenvalue weighted by Gasteiger charge is 2.34. The number of non-ortho nitro benzene ring substituents is 1. The topological polar surface area (TPSA) is 81.9 Å². The molecule has 27 heavy (non-hydrogen) atoms. The van der Waals surface area contributed by atoms with Gasteiger partial charge in [-0.05, 0) is 23.8 Å². The molecule has 2 aromatic rings. The van der Waals surface area contributed by atoms with Gasteiger partial charge in [0.05, 0.1) is 20.5 Å². The van der Waals surface area contributed by atoms with Crippen molar-refractivity contribution < 1.29 is 19.2 Å². The van der Waals surface area contributed by atoms with E-state index in [1.165, 1.54) is 23.1 Å². The third-order valence-electron chi connectivity index (χ3n) is 3.87. The summed E-state index contributed by atoms with van der Waals surface area (Å²) < 4.78 is 10.9. The number of nitro benzene ring substituents is 1. The van der Waals surface area contributed by atoms with Gasteiger partial charge in [0.2, 0.25) is 6.79 Å². The number of ether oxygens (including phenoxy) is 2. The van der Waals surface area contributed by atoms with Gasteiger partial charge in [-0.3, -0.25) is 19.8 Å². The third-order valence-corrected chi connectivity index (χ3v) is 5.50. The second-order valence-electron chi connectivity index (χ2n) is 5.52. The van der Waals surface area contributed by atoms with Gasteiger partial charge in [0.1, 0.15) is 0 Å². The molecular formula is C17H9ClN2O5S2. The minimum absolute atomic E-state index is 0.115. The van der Waals surface area contributed by atoms with Gasteiger partial charge in [0.15, 0.2) is 15.8 Å². The number of thiocarbonyl (C=S) groups is 1. The molecule has 1 saturated heterocycles. The molecule has 0 saturated carbocycles. The first-order chi connectivity index (χ1) is 12.9. The molecule has 10 heteroatoms. The van der Waals surface area contributed by atoms with E-state index in [0.29, 0.717) is 32.7 Å². The maximum atomic E-state index is 12.8. The van der Waals surface area contributed by atoms with Crippen LogP contribution >= 0.6 is 35.6 Å². The molecular weight excluding hydrogens is 412 g/mol. The molecule has 1 amide bonds. The van der Waals surface area contributed by atoms with Crippen molar-refractivity contribution in [2.24, 2.45) is 0 Å². The maximum Gasteiger partial charge on any atom is 0.271 e. The molecule has 7 nitrogen and oxygen atoms in total. The normalized spacial score (nSPS) is 17.1. The number of carbonyl (C=O) groups is 1. The van der Waals surface area contributed by atoms with Crippen molar-refractivity contribution in [3.63, 3.8) is 0 Å². The van der Waals surface area contributed by atoms with Crippen LogP contribution in [0, 0.1) is 10.1 Å². The zero-order valence-electron chi connectivity index (χ0n) is 13.4. The monoisotopic (exact) mass is 420 g/mol. The number of nitrogens with zero attached hydrogens (tertiary/aromatic N) is 2. The molecule has 0 aliphatic carbocycles. The Morgan fingerprint density at radius 2 is 2.00 bits per heavy atom. The molecule has 2 aliphatic heterocycles. The fourth-order valence-electron chi connectivity index (χ4n) is 2.62. The van der Waals surface area contributed by atoms with E-state index in [1.807, 2.05) is 0 Å². The Labute approximate surface area is 167 Å². The molecule has 2 aliphatic rings. The summed E-state index contributed by atoms with van der Waals surface area (Å²) in [6.07, 6.45) is 1.61. The number of nitro groups is 1. The number of carbonyl (C=O) groups excluding carboxylic acids is 1. The number of thioether (sulfide) groups is 1. The molecule has 0 N–H and O–H groups in total. The lowest BCUT2D eigenvalue weighted by molar-refractivity contribution is -0.384. The average molecular weight is 421 g/mol. The summed E-state index contributed by atoms with van der Waals surface area (Å²) in [5, 5.41) is 11.4. The number of rotatable bonds is 3. The molecule has 2 aromatic carbocycles. The van der Waals surface area contributed by atoms with E-state index < -0.39 is 4.92 Å². The number of halogens is 1. The number of fused-ring (bicyclic) bond motifs is 1. The first kappa shape index (κ1) is 17.8. The zero-order chi connectivity index (χ0) is 19.1. The second kappa shape index (κ2) is 6.84. The highest BCUT2D eigenvalue weighted by Crippen LogP contribution is 2.41. The predicted molar refractivity (Wildman–Crippen MR) is 106 cm³/mol. The van der Waals surface area contributed by atoms with Gasteiger partial charge >= 0.3 is 0 Å². The Balaban J connectivity index is 1.68. The van der Waals surface area contributed by atoms with E-state index in [-0.39, 0.29) is 22.7 Å². The molecule has 0 unspecified atom stereocenters. The fraction of sp³-hybridized carbons (Fsp3) is 0.0588.